The van der Waals surface area contributed by atoms with Crippen molar-refractivity contribution >= 4 is 0 Å². The molecule has 0 aliphatic rings. The van der Waals surface area contributed by atoms with Crippen LogP contribution in [0.3, 0.4) is 0 Å². The summed E-state index contributed by atoms with van der Waals surface area (Å²) in [6.45, 7) is 12.1. The Morgan fingerprint density at radius 2 is 0.925 bits per heavy atom. The van der Waals surface area contributed by atoms with E-state index in [1.54, 1.807) is 0 Å². The van der Waals surface area contributed by atoms with Gasteiger partial charge in [-0.05, 0) is 72.9 Å². The van der Waals surface area contributed by atoms with Crippen LogP contribution in [0.4, 0.5) is 0 Å². The van der Waals surface area contributed by atoms with Crippen LogP contribution in [0.1, 0.15) is 55.1 Å². The van der Waals surface area contributed by atoms with Crippen LogP contribution in [0, 0.1) is 27.7 Å². The Balaban J connectivity index is 1.34. The Morgan fingerprint density at radius 1 is 0.434 bits per heavy atom. The molecule has 0 saturated carbocycles. The summed E-state index contributed by atoms with van der Waals surface area (Å²) in [4.78, 5) is 0. The predicted octanol–water partition coefficient (Wildman–Crippen LogP) is 9.83. The molecule has 0 aliphatic carbocycles. The van der Waals surface area contributed by atoms with Crippen molar-refractivity contribution in [2.45, 2.75) is 66.8 Å². The summed E-state index contributed by atoms with van der Waals surface area (Å²) in [5.74, 6) is 0. The van der Waals surface area contributed by atoms with Gasteiger partial charge in [0.15, 0.2) is 36.2 Å². The number of hydrogen-bond acceptors (Lipinski definition) is 0. The fourth-order valence-corrected chi connectivity index (χ4v) is 7.37. The van der Waals surface area contributed by atoms with Crippen molar-refractivity contribution in [2.75, 3.05) is 0 Å². The SMILES string of the molecule is CCCCCC[n+]1ccc(-c2cc(C)[n+](-c3cccc(-[n+]4c(-c5ccc(C)cc5)cc(-c5cc[n+](C)cc5)cc4-c4ccc(C)cc4)c3)c(C)c2)cc1. The number of rotatable bonds is 11. The fraction of sp³-hybridized carbons (Fsp3) is 0.224. The van der Waals surface area contributed by atoms with Crippen LogP contribution < -0.4 is 18.3 Å². The van der Waals surface area contributed by atoms with Crippen molar-refractivity contribution in [3.63, 3.8) is 0 Å². The highest BCUT2D eigenvalue weighted by molar-refractivity contribution is 5.74. The molecule has 0 atom stereocenters. The van der Waals surface area contributed by atoms with Crippen LogP contribution in [0.15, 0.2) is 146 Å². The monoisotopic (exact) mass is 696 g/mol. The maximum absolute atomic E-state index is 2.44. The quantitative estimate of drug-likeness (QED) is 0.0946. The lowest BCUT2D eigenvalue weighted by Gasteiger charge is -2.13. The van der Waals surface area contributed by atoms with Crippen LogP contribution in [0.5, 0.6) is 0 Å². The molecule has 4 heterocycles. The lowest BCUT2D eigenvalue weighted by atomic mass is 9.98. The standard InChI is InChI=1S/C49H52N4/c1-7-8-9-10-26-51-29-24-41(25-30-51)44-31-38(4)52(39(5)32-44)46-12-11-13-47(35-46)53-48(42-18-14-36(2)15-19-42)33-45(40-22-27-50(6)28-23-40)34-49(53)43-20-16-37(3)17-21-43/h11-25,27-35H,7-10,26H2,1-6H3/q+4. The van der Waals surface area contributed by atoms with E-state index in [1.807, 2.05) is 0 Å². The first-order valence-corrected chi connectivity index (χ1v) is 19.1. The van der Waals surface area contributed by atoms with Crippen LogP contribution in [0.2, 0.25) is 0 Å². The van der Waals surface area contributed by atoms with E-state index in [0.29, 0.717) is 0 Å². The van der Waals surface area contributed by atoms with Gasteiger partial charge < -0.3 is 0 Å². The van der Waals surface area contributed by atoms with E-state index in [2.05, 4.69) is 206 Å². The van der Waals surface area contributed by atoms with Gasteiger partial charge in [-0.1, -0.05) is 55.2 Å². The fourth-order valence-electron chi connectivity index (χ4n) is 7.37. The van der Waals surface area contributed by atoms with Gasteiger partial charge in [0.05, 0.1) is 6.07 Å². The summed E-state index contributed by atoms with van der Waals surface area (Å²) in [5, 5.41) is 0. The molecule has 0 amide bonds. The normalized spacial score (nSPS) is 11.2. The molecule has 7 rings (SSSR count). The third-order valence-corrected chi connectivity index (χ3v) is 10.3. The maximum Gasteiger partial charge on any atom is 0.219 e. The van der Waals surface area contributed by atoms with Crippen LogP contribution in [0.25, 0.3) is 56.1 Å². The van der Waals surface area contributed by atoms with Gasteiger partial charge in [-0.3, -0.25) is 0 Å². The molecule has 0 unspecified atom stereocenters. The molecule has 7 aromatic rings. The molecular weight excluding hydrogens is 645 g/mol. The lowest BCUT2D eigenvalue weighted by Crippen LogP contribution is -2.40. The average Bonchev–Trinajstić information content (AvgIpc) is 3.17. The second kappa shape index (κ2) is 15.9. The summed E-state index contributed by atoms with van der Waals surface area (Å²) in [6, 6.07) is 45.1. The minimum atomic E-state index is 1.08. The van der Waals surface area contributed by atoms with E-state index in [0.717, 1.165) is 29.3 Å². The largest absolute Gasteiger partial charge is 0.219 e. The number of aromatic nitrogens is 4. The van der Waals surface area contributed by atoms with Crippen molar-refractivity contribution in [1.29, 1.82) is 0 Å². The van der Waals surface area contributed by atoms with Gasteiger partial charge in [-0.15, -0.1) is 0 Å². The van der Waals surface area contributed by atoms with Crippen LogP contribution in [-0.2, 0) is 13.6 Å². The van der Waals surface area contributed by atoms with E-state index >= 15 is 0 Å². The smallest absolute Gasteiger partial charge is 0.208 e. The van der Waals surface area contributed by atoms with Crippen molar-refractivity contribution in [3.05, 3.63) is 169 Å². The molecular formula is C49H52N4+4. The average molecular weight is 697 g/mol. The second-order valence-corrected chi connectivity index (χ2v) is 14.6. The first kappa shape index (κ1) is 35.7. The van der Waals surface area contributed by atoms with Gasteiger partial charge in [-0.2, -0.15) is 9.13 Å². The number of hydrogen-bond donors (Lipinski definition) is 0. The first-order valence-electron chi connectivity index (χ1n) is 19.1. The Kier molecular flexibility index (Phi) is 10.7. The number of aryl methyl sites for hydroxylation is 6. The highest BCUT2D eigenvalue weighted by Gasteiger charge is 2.27. The Morgan fingerprint density at radius 3 is 1.45 bits per heavy atom. The molecule has 0 saturated heterocycles. The number of benzene rings is 3. The summed E-state index contributed by atoms with van der Waals surface area (Å²) in [7, 11) is 2.06. The Hall–Kier alpha value is -5.74. The molecule has 0 spiro atoms. The third kappa shape index (κ3) is 8.03. The van der Waals surface area contributed by atoms with Gasteiger partial charge in [-0.25, -0.2) is 9.13 Å². The van der Waals surface area contributed by atoms with Gasteiger partial charge >= 0.3 is 0 Å². The molecule has 0 bridgehead atoms. The van der Waals surface area contributed by atoms with Crippen LogP contribution >= 0.6 is 0 Å². The summed E-state index contributed by atoms with van der Waals surface area (Å²) >= 11 is 0. The minimum absolute atomic E-state index is 1.08. The summed E-state index contributed by atoms with van der Waals surface area (Å²) in [5.41, 5.74) is 16.6. The van der Waals surface area contributed by atoms with Gasteiger partial charge in [0, 0.05) is 92.1 Å². The number of pyridine rings is 4. The summed E-state index contributed by atoms with van der Waals surface area (Å²) in [6.07, 6.45) is 13.8. The van der Waals surface area contributed by atoms with Gasteiger partial charge in [0.25, 0.3) is 0 Å². The topological polar surface area (TPSA) is 15.5 Å². The van der Waals surface area contributed by atoms with Crippen molar-refractivity contribution in [3.8, 4) is 56.1 Å². The maximum atomic E-state index is 2.44. The van der Waals surface area contributed by atoms with Crippen molar-refractivity contribution < 1.29 is 18.3 Å². The van der Waals surface area contributed by atoms with E-state index in [4.69, 9.17) is 0 Å². The molecule has 4 aromatic heterocycles. The third-order valence-electron chi connectivity index (χ3n) is 10.3. The Labute approximate surface area is 316 Å². The highest BCUT2D eigenvalue weighted by Crippen LogP contribution is 2.31. The highest BCUT2D eigenvalue weighted by atomic mass is 15.0. The van der Waals surface area contributed by atoms with Crippen LogP contribution in [-0.4, -0.2) is 0 Å². The lowest BCUT2D eigenvalue weighted by molar-refractivity contribution is -0.697. The Bertz CT molecular complexity index is 2250. The molecule has 264 valence electrons. The zero-order valence-electron chi connectivity index (χ0n) is 32.2. The number of nitrogens with zero attached hydrogens (tertiary/aromatic N) is 4. The zero-order chi connectivity index (χ0) is 36.9. The van der Waals surface area contributed by atoms with Gasteiger partial charge in [0.1, 0.15) is 13.6 Å². The number of unbranched alkanes of at least 4 members (excludes halogenated alkanes) is 3. The predicted molar refractivity (Wildman–Crippen MR) is 216 cm³/mol. The van der Waals surface area contributed by atoms with Crippen molar-refractivity contribution in [2.24, 2.45) is 7.05 Å². The molecule has 0 aliphatic heterocycles. The molecule has 0 fully saturated rings. The second-order valence-electron chi connectivity index (χ2n) is 14.6. The van der Waals surface area contributed by atoms with E-state index in [-0.39, 0.29) is 0 Å². The summed E-state index contributed by atoms with van der Waals surface area (Å²) < 4.78 is 9.21. The molecule has 0 N–H and O–H groups in total. The molecule has 3 aromatic carbocycles. The molecule has 53 heavy (non-hydrogen) atoms. The molecule has 4 nitrogen and oxygen atoms in total. The molecule has 4 heteroatoms. The zero-order valence-corrected chi connectivity index (χ0v) is 32.2. The van der Waals surface area contributed by atoms with Crippen molar-refractivity contribution in [1.82, 2.24) is 0 Å². The first-order chi connectivity index (χ1) is 25.8. The van der Waals surface area contributed by atoms with E-state index < -0.39 is 0 Å². The molecule has 0 radical (unpaired) electrons. The minimum Gasteiger partial charge on any atom is -0.208 e. The van der Waals surface area contributed by atoms with Gasteiger partial charge in [0.2, 0.25) is 22.8 Å². The van der Waals surface area contributed by atoms with E-state index in [9.17, 15) is 0 Å². The van der Waals surface area contributed by atoms with E-state index in [1.165, 1.54) is 81.6 Å².